The molecule has 0 aromatic heterocycles. The zero-order valence-electron chi connectivity index (χ0n) is 11.2. The molecule has 2 aliphatic rings. The summed E-state index contributed by atoms with van der Waals surface area (Å²) in [6, 6.07) is 7.50. The van der Waals surface area contributed by atoms with Crippen LogP contribution in [0.25, 0.3) is 0 Å². The lowest BCUT2D eigenvalue weighted by atomic mass is 9.68. The standard InChI is InChI=1S/C14H16N2O3/c1-13-8-14(2,12(18)19-3)16(13)10-7-5-4-6-9(10)15-11(13)17/h4-7H,8H2,1-3H3,(H,15,17). The van der Waals surface area contributed by atoms with Crippen LogP contribution in [0.3, 0.4) is 0 Å². The van der Waals surface area contributed by atoms with E-state index in [1.54, 1.807) is 0 Å². The zero-order valence-corrected chi connectivity index (χ0v) is 11.2. The third-order valence-electron chi connectivity index (χ3n) is 4.18. The minimum atomic E-state index is -0.780. The second-order valence-electron chi connectivity index (χ2n) is 5.52. The summed E-state index contributed by atoms with van der Waals surface area (Å²) >= 11 is 0. The van der Waals surface area contributed by atoms with E-state index < -0.39 is 11.1 Å². The molecule has 2 aliphatic heterocycles. The first-order valence-electron chi connectivity index (χ1n) is 6.23. The summed E-state index contributed by atoms with van der Waals surface area (Å²) < 4.78 is 4.89. The first-order chi connectivity index (χ1) is 8.93. The number of ether oxygens (including phenoxy) is 1. The summed E-state index contributed by atoms with van der Waals surface area (Å²) in [6.07, 6.45) is 0.451. The van der Waals surface area contributed by atoms with Crippen LogP contribution < -0.4 is 10.2 Å². The molecule has 5 heteroatoms. The number of amides is 1. The molecule has 1 N–H and O–H groups in total. The maximum absolute atomic E-state index is 12.2. The van der Waals surface area contributed by atoms with Gasteiger partial charge in [0.1, 0.15) is 11.1 Å². The molecule has 19 heavy (non-hydrogen) atoms. The molecule has 5 nitrogen and oxygen atoms in total. The van der Waals surface area contributed by atoms with Crippen LogP contribution in [0.4, 0.5) is 11.4 Å². The van der Waals surface area contributed by atoms with E-state index in [1.165, 1.54) is 7.11 Å². The number of benzene rings is 1. The summed E-state index contributed by atoms with van der Waals surface area (Å²) in [7, 11) is 1.37. The summed E-state index contributed by atoms with van der Waals surface area (Å²) in [4.78, 5) is 26.1. The number of hydrogen-bond donors (Lipinski definition) is 1. The summed E-state index contributed by atoms with van der Waals surface area (Å²) in [6.45, 7) is 3.67. The number of fused-ring (bicyclic) bond motifs is 3. The molecule has 0 bridgehead atoms. The molecule has 3 rings (SSSR count). The van der Waals surface area contributed by atoms with Crippen molar-refractivity contribution in [1.29, 1.82) is 0 Å². The molecule has 100 valence electrons. The highest BCUT2D eigenvalue weighted by Crippen LogP contribution is 2.53. The Morgan fingerprint density at radius 1 is 1.37 bits per heavy atom. The first kappa shape index (κ1) is 12.0. The smallest absolute Gasteiger partial charge is 0.331 e. The number of hydrogen-bond acceptors (Lipinski definition) is 4. The fourth-order valence-corrected chi connectivity index (χ4v) is 3.41. The predicted molar refractivity (Wildman–Crippen MR) is 71.0 cm³/mol. The molecular weight excluding hydrogens is 244 g/mol. The van der Waals surface area contributed by atoms with Gasteiger partial charge >= 0.3 is 5.97 Å². The van der Waals surface area contributed by atoms with E-state index in [2.05, 4.69) is 5.32 Å². The van der Waals surface area contributed by atoms with E-state index in [4.69, 9.17) is 4.74 Å². The van der Waals surface area contributed by atoms with Gasteiger partial charge in [-0.15, -0.1) is 0 Å². The molecule has 1 saturated heterocycles. The van der Waals surface area contributed by atoms with Crippen LogP contribution in [0.1, 0.15) is 20.3 Å². The number of nitrogens with one attached hydrogen (secondary N) is 1. The Balaban J connectivity index is 2.14. The van der Waals surface area contributed by atoms with Crippen LogP contribution in [0.2, 0.25) is 0 Å². The van der Waals surface area contributed by atoms with E-state index in [9.17, 15) is 9.59 Å². The maximum atomic E-state index is 12.2. The largest absolute Gasteiger partial charge is 0.467 e. The van der Waals surface area contributed by atoms with Crippen molar-refractivity contribution in [3.63, 3.8) is 0 Å². The number of para-hydroxylation sites is 2. The van der Waals surface area contributed by atoms with Crippen LogP contribution in [-0.2, 0) is 14.3 Å². The second-order valence-corrected chi connectivity index (χ2v) is 5.52. The van der Waals surface area contributed by atoms with Gasteiger partial charge < -0.3 is 15.0 Å². The van der Waals surface area contributed by atoms with Crippen LogP contribution in [-0.4, -0.2) is 30.1 Å². The number of carbonyl (C=O) groups is 2. The molecule has 2 atom stereocenters. The number of methoxy groups -OCH3 is 1. The van der Waals surface area contributed by atoms with Gasteiger partial charge in [0.15, 0.2) is 0 Å². The van der Waals surface area contributed by atoms with Crippen molar-refractivity contribution in [2.75, 3.05) is 17.3 Å². The molecule has 0 spiro atoms. The van der Waals surface area contributed by atoms with Gasteiger partial charge in [0.2, 0.25) is 5.91 Å². The van der Waals surface area contributed by atoms with Gasteiger partial charge in [0, 0.05) is 6.42 Å². The lowest BCUT2D eigenvalue weighted by Crippen LogP contribution is -2.80. The Labute approximate surface area is 111 Å². The van der Waals surface area contributed by atoms with Crippen LogP contribution in [0.5, 0.6) is 0 Å². The molecule has 1 aromatic carbocycles. The first-order valence-corrected chi connectivity index (χ1v) is 6.23. The van der Waals surface area contributed by atoms with Gasteiger partial charge in [-0.05, 0) is 26.0 Å². The van der Waals surface area contributed by atoms with Gasteiger partial charge in [0.05, 0.1) is 18.5 Å². The molecule has 1 fully saturated rings. The Morgan fingerprint density at radius 2 is 2.05 bits per heavy atom. The average molecular weight is 260 g/mol. The Morgan fingerprint density at radius 3 is 2.74 bits per heavy atom. The normalized spacial score (nSPS) is 31.7. The van der Waals surface area contributed by atoms with Crippen molar-refractivity contribution in [2.24, 2.45) is 0 Å². The van der Waals surface area contributed by atoms with Gasteiger partial charge in [-0.3, -0.25) is 4.79 Å². The lowest BCUT2D eigenvalue weighted by Gasteiger charge is -2.63. The topological polar surface area (TPSA) is 58.6 Å². The molecule has 2 unspecified atom stereocenters. The molecule has 2 heterocycles. The van der Waals surface area contributed by atoms with Crippen molar-refractivity contribution in [1.82, 2.24) is 0 Å². The van der Waals surface area contributed by atoms with E-state index in [0.29, 0.717) is 6.42 Å². The van der Waals surface area contributed by atoms with E-state index in [-0.39, 0.29) is 11.9 Å². The molecule has 1 amide bonds. The number of nitrogens with zero attached hydrogens (tertiary/aromatic N) is 1. The number of esters is 1. The predicted octanol–water partition coefficient (Wildman–Crippen LogP) is 1.54. The van der Waals surface area contributed by atoms with Gasteiger partial charge in [-0.2, -0.15) is 0 Å². The fourth-order valence-electron chi connectivity index (χ4n) is 3.41. The number of anilines is 2. The van der Waals surface area contributed by atoms with Crippen molar-refractivity contribution < 1.29 is 14.3 Å². The summed E-state index contributed by atoms with van der Waals surface area (Å²) in [5, 5.41) is 2.89. The van der Waals surface area contributed by atoms with Gasteiger partial charge in [-0.1, -0.05) is 12.1 Å². The summed E-state index contributed by atoms with van der Waals surface area (Å²) in [5.41, 5.74) is 0.137. The van der Waals surface area contributed by atoms with Crippen LogP contribution >= 0.6 is 0 Å². The van der Waals surface area contributed by atoms with E-state index in [1.807, 2.05) is 43.0 Å². The second kappa shape index (κ2) is 3.50. The maximum Gasteiger partial charge on any atom is 0.331 e. The minimum absolute atomic E-state index is 0.0763. The Hall–Kier alpha value is -2.04. The van der Waals surface area contributed by atoms with Crippen molar-refractivity contribution in [2.45, 2.75) is 31.3 Å². The molecular formula is C14H16N2O3. The van der Waals surface area contributed by atoms with Crippen LogP contribution in [0.15, 0.2) is 24.3 Å². The van der Waals surface area contributed by atoms with Gasteiger partial charge in [-0.25, -0.2) is 4.79 Å². The molecule has 0 aliphatic carbocycles. The monoisotopic (exact) mass is 260 g/mol. The number of rotatable bonds is 1. The van der Waals surface area contributed by atoms with Gasteiger partial charge in [0.25, 0.3) is 0 Å². The van der Waals surface area contributed by atoms with E-state index >= 15 is 0 Å². The SMILES string of the molecule is COC(=O)C1(C)CC2(C)C(=O)Nc3ccccc3N21. The summed E-state index contributed by atoms with van der Waals surface area (Å²) in [5.74, 6) is -0.387. The van der Waals surface area contributed by atoms with Crippen molar-refractivity contribution >= 4 is 23.3 Å². The third kappa shape index (κ3) is 1.30. The molecule has 1 aromatic rings. The van der Waals surface area contributed by atoms with E-state index in [0.717, 1.165) is 11.4 Å². The quantitative estimate of drug-likeness (QED) is 0.778. The van der Waals surface area contributed by atoms with Crippen molar-refractivity contribution in [3.05, 3.63) is 24.3 Å². The third-order valence-corrected chi connectivity index (χ3v) is 4.18. The fraction of sp³-hybridized carbons (Fsp3) is 0.429. The Bertz CT molecular complexity index is 586. The van der Waals surface area contributed by atoms with Crippen molar-refractivity contribution in [3.8, 4) is 0 Å². The lowest BCUT2D eigenvalue weighted by molar-refractivity contribution is -0.153. The highest BCUT2D eigenvalue weighted by atomic mass is 16.5. The average Bonchev–Trinajstić information content (AvgIpc) is 2.38. The highest BCUT2D eigenvalue weighted by molar-refractivity contribution is 6.11. The minimum Gasteiger partial charge on any atom is -0.467 e. The van der Waals surface area contributed by atoms with Crippen LogP contribution in [0, 0.1) is 0 Å². The zero-order chi connectivity index (χ0) is 13.8. The number of carbonyl (C=O) groups excluding carboxylic acids is 2. The molecule has 0 radical (unpaired) electrons. The molecule has 0 saturated carbocycles. The highest BCUT2D eigenvalue weighted by Gasteiger charge is 2.66. The Kier molecular flexibility index (Phi) is 2.21.